The largest absolute Gasteiger partial charge is 0.312 e. The molecule has 8 heteroatoms. The quantitative estimate of drug-likeness (QED) is 0.473. The van der Waals surface area contributed by atoms with Crippen LogP contribution in [-0.4, -0.2) is 28.8 Å². The van der Waals surface area contributed by atoms with Crippen LogP contribution in [0.3, 0.4) is 0 Å². The number of hydrogen-bond acceptors (Lipinski definition) is 5. The maximum absolute atomic E-state index is 12.0. The average molecular weight is 279 g/mol. The van der Waals surface area contributed by atoms with E-state index in [-0.39, 0.29) is 29.4 Å². The number of halogens is 1. The minimum atomic E-state index is -0.697. The number of nitrogens with zero attached hydrogens (tertiary/aromatic N) is 4. The van der Waals surface area contributed by atoms with Gasteiger partial charge < -0.3 is 4.90 Å². The van der Waals surface area contributed by atoms with Crippen LogP contribution in [0.15, 0.2) is 18.2 Å². The third-order valence-electron chi connectivity index (χ3n) is 2.20. The summed E-state index contributed by atoms with van der Waals surface area (Å²) >= 11 is 5.80. The zero-order valence-electron chi connectivity index (χ0n) is 9.54. The predicted octanol–water partition coefficient (Wildman–Crippen LogP) is 1.74. The van der Waals surface area contributed by atoms with Gasteiger partial charge in [0, 0.05) is 12.1 Å². The number of rotatable bonds is 4. The van der Waals surface area contributed by atoms with Crippen molar-refractivity contribution in [1.82, 2.24) is 4.90 Å². The first-order chi connectivity index (χ1) is 9.01. The van der Waals surface area contributed by atoms with E-state index in [1.165, 1.54) is 6.07 Å². The fourth-order valence-corrected chi connectivity index (χ4v) is 1.53. The van der Waals surface area contributed by atoms with Gasteiger partial charge in [-0.1, -0.05) is 11.6 Å². The zero-order valence-corrected chi connectivity index (χ0v) is 10.3. The summed E-state index contributed by atoms with van der Waals surface area (Å²) < 4.78 is 0. The molecule has 19 heavy (non-hydrogen) atoms. The van der Waals surface area contributed by atoms with Crippen LogP contribution in [0.1, 0.15) is 10.4 Å². The Kier molecular flexibility index (Phi) is 4.81. The molecule has 0 radical (unpaired) electrons. The minimum absolute atomic E-state index is 0.0245. The van der Waals surface area contributed by atoms with Gasteiger partial charge in [0.25, 0.3) is 11.6 Å². The Morgan fingerprint density at radius 2 is 1.95 bits per heavy atom. The van der Waals surface area contributed by atoms with Crippen molar-refractivity contribution in [3.8, 4) is 12.1 Å². The van der Waals surface area contributed by atoms with Crippen LogP contribution in [0.5, 0.6) is 0 Å². The Balaban J connectivity index is 3.17. The highest BCUT2D eigenvalue weighted by molar-refractivity contribution is 6.33. The van der Waals surface area contributed by atoms with E-state index in [2.05, 4.69) is 0 Å². The zero-order chi connectivity index (χ0) is 14.4. The second-order valence-corrected chi connectivity index (χ2v) is 3.81. The van der Waals surface area contributed by atoms with Crippen LogP contribution in [0.25, 0.3) is 0 Å². The summed E-state index contributed by atoms with van der Waals surface area (Å²) in [6, 6.07) is 6.89. The predicted molar refractivity (Wildman–Crippen MR) is 65.2 cm³/mol. The molecule has 0 aromatic heterocycles. The highest BCUT2D eigenvalue weighted by atomic mass is 35.5. The third kappa shape index (κ3) is 3.41. The lowest BCUT2D eigenvalue weighted by atomic mass is 10.1. The van der Waals surface area contributed by atoms with E-state index in [1.54, 1.807) is 12.1 Å². The van der Waals surface area contributed by atoms with Crippen molar-refractivity contribution in [2.45, 2.75) is 0 Å². The Hall–Kier alpha value is -2.64. The monoisotopic (exact) mass is 278 g/mol. The van der Waals surface area contributed by atoms with Gasteiger partial charge in [-0.25, -0.2) is 0 Å². The number of nitro benzene ring substituents is 1. The van der Waals surface area contributed by atoms with Crippen LogP contribution in [-0.2, 0) is 0 Å². The molecule has 1 aromatic carbocycles. The second-order valence-electron chi connectivity index (χ2n) is 3.40. The maximum atomic E-state index is 12.0. The van der Waals surface area contributed by atoms with Gasteiger partial charge in [-0.15, -0.1) is 0 Å². The molecule has 96 valence electrons. The lowest BCUT2D eigenvalue weighted by Gasteiger charge is -2.16. The van der Waals surface area contributed by atoms with Crippen LogP contribution in [0, 0.1) is 32.8 Å². The fraction of sp³-hybridized carbons (Fsp3) is 0.182. The second kappa shape index (κ2) is 6.34. The van der Waals surface area contributed by atoms with E-state index >= 15 is 0 Å². The van der Waals surface area contributed by atoms with Gasteiger partial charge >= 0.3 is 0 Å². The molecule has 0 atom stereocenters. The van der Waals surface area contributed by atoms with Gasteiger partial charge in [-0.2, -0.15) is 10.5 Å². The molecule has 0 aliphatic heterocycles. The summed E-state index contributed by atoms with van der Waals surface area (Å²) in [6.07, 6.45) is 0. The molecule has 0 N–H and O–H groups in total. The van der Waals surface area contributed by atoms with Gasteiger partial charge in [-0.3, -0.25) is 14.9 Å². The van der Waals surface area contributed by atoms with Crippen LogP contribution in [0.4, 0.5) is 5.69 Å². The summed E-state index contributed by atoms with van der Waals surface area (Å²) in [5.41, 5.74) is -0.400. The van der Waals surface area contributed by atoms with Crippen LogP contribution >= 0.6 is 11.6 Å². The molecular formula is C11H7ClN4O3. The van der Waals surface area contributed by atoms with Crippen molar-refractivity contribution in [3.63, 3.8) is 0 Å². The Bertz CT molecular complexity index is 587. The molecule has 0 saturated carbocycles. The number of nitriles is 2. The normalized spacial score (nSPS) is 9.21. The third-order valence-corrected chi connectivity index (χ3v) is 2.53. The maximum Gasteiger partial charge on any atom is 0.270 e. The molecule has 0 aliphatic carbocycles. The van der Waals surface area contributed by atoms with Gasteiger partial charge in [0.2, 0.25) is 0 Å². The number of amides is 1. The highest BCUT2D eigenvalue weighted by Gasteiger charge is 2.21. The van der Waals surface area contributed by atoms with Crippen molar-refractivity contribution in [3.05, 3.63) is 38.9 Å². The summed E-state index contributed by atoms with van der Waals surface area (Å²) in [5.74, 6) is -0.697. The Morgan fingerprint density at radius 1 is 1.37 bits per heavy atom. The average Bonchev–Trinajstić information content (AvgIpc) is 2.38. The van der Waals surface area contributed by atoms with Crippen LogP contribution < -0.4 is 0 Å². The van der Waals surface area contributed by atoms with E-state index < -0.39 is 10.8 Å². The van der Waals surface area contributed by atoms with Crippen molar-refractivity contribution >= 4 is 23.2 Å². The van der Waals surface area contributed by atoms with Gasteiger partial charge in [0.1, 0.15) is 13.1 Å². The molecule has 1 aromatic rings. The van der Waals surface area contributed by atoms with Crippen molar-refractivity contribution in [1.29, 1.82) is 10.5 Å². The van der Waals surface area contributed by atoms with Gasteiger partial charge in [0.15, 0.2) is 0 Å². The van der Waals surface area contributed by atoms with Gasteiger partial charge in [0.05, 0.1) is 27.6 Å². The van der Waals surface area contributed by atoms with Crippen LogP contribution in [0.2, 0.25) is 5.02 Å². The van der Waals surface area contributed by atoms with Crippen molar-refractivity contribution < 1.29 is 9.72 Å². The molecule has 1 rings (SSSR count). The molecule has 1 amide bonds. The number of carbonyl (C=O) groups excluding carboxylic acids is 1. The summed E-state index contributed by atoms with van der Waals surface area (Å²) in [7, 11) is 0. The first-order valence-electron chi connectivity index (χ1n) is 4.98. The number of nitro groups is 1. The van der Waals surface area contributed by atoms with E-state index in [0.29, 0.717) is 0 Å². The molecule has 0 saturated heterocycles. The summed E-state index contributed by atoms with van der Waals surface area (Å²) in [5, 5.41) is 27.8. The van der Waals surface area contributed by atoms with E-state index in [0.717, 1.165) is 17.0 Å². The van der Waals surface area contributed by atoms with E-state index in [4.69, 9.17) is 22.1 Å². The molecule has 0 spiro atoms. The molecule has 0 bridgehead atoms. The van der Waals surface area contributed by atoms with Crippen molar-refractivity contribution in [2.75, 3.05) is 13.1 Å². The lowest BCUT2D eigenvalue weighted by molar-refractivity contribution is -0.384. The SMILES string of the molecule is N#CCN(CC#N)C(=O)c1cc([N+](=O)[O-])ccc1Cl. The molecule has 7 nitrogen and oxygen atoms in total. The topological polar surface area (TPSA) is 111 Å². The first-order valence-corrected chi connectivity index (χ1v) is 5.36. The molecular weight excluding hydrogens is 272 g/mol. The molecule has 0 heterocycles. The van der Waals surface area contributed by atoms with E-state index in [1.807, 2.05) is 0 Å². The molecule has 0 unspecified atom stereocenters. The smallest absolute Gasteiger partial charge is 0.270 e. The molecule has 0 aliphatic rings. The number of hydrogen-bond donors (Lipinski definition) is 0. The number of benzene rings is 1. The van der Waals surface area contributed by atoms with Crippen molar-refractivity contribution in [2.24, 2.45) is 0 Å². The fourth-order valence-electron chi connectivity index (χ4n) is 1.33. The first kappa shape index (κ1) is 14.4. The number of non-ortho nitro benzene ring substituents is 1. The molecule has 0 fully saturated rings. The highest BCUT2D eigenvalue weighted by Crippen LogP contribution is 2.23. The Morgan fingerprint density at radius 3 is 2.42 bits per heavy atom. The summed E-state index contributed by atoms with van der Waals surface area (Å²) in [4.78, 5) is 23.0. The summed E-state index contributed by atoms with van der Waals surface area (Å²) in [6.45, 7) is -0.600. The van der Waals surface area contributed by atoms with E-state index in [9.17, 15) is 14.9 Å². The standard InChI is InChI=1S/C11H7ClN4O3/c12-10-2-1-8(16(18)19)7-9(10)11(17)15(5-3-13)6-4-14/h1-2,7H,5-6H2. The van der Waals surface area contributed by atoms with Gasteiger partial charge in [-0.05, 0) is 6.07 Å². The number of carbonyl (C=O) groups is 1. The lowest BCUT2D eigenvalue weighted by Crippen LogP contribution is -2.32. The minimum Gasteiger partial charge on any atom is -0.312 e. The Labute approximate surface area is 113 Å².